The van der Waals surface area contributed by atoms with Gasteiger partial charge in [0.1, 0.15) is 17.2 Å². The quantitative estimate of drug-likeness (QED) is 0.0865. The first-order valence-corrected chi connectivity index (χ1v) is 24.0. The molecule has 0 atom stereocenters. The number of hydrogen-bond donors (Lipinski definition) is 3. The van der Waals surface area contributed by atoms with Crippen LogP contribution in [0.2, 0.25) is 5.02 Å². The molecule has 1 amide bonds. The second-order valence-corrected chi connectivity index (χ2v) is 19.9. The predicted molar refractivity (Wildman–Crippen MR) is 252 cm³/mol. The molecule has 0 bridgehead atoms. The van der Waals surface area contributed by atoms with E-state index in [0.717, 1.165) is 81.6 Å². The lowest BCUT2D eigenvalue weighted by Crippen LogP contribution is -2.47. The van der Waals surface area contributed by atoms with E-state index in [2.05, 4.69) is 56.1 Å². The second-order valence-electron chi connectivity index (χ2n) is 17.8. The number of halogens is 1. The molecule has 64 heavy (non-hydrogen) atoms. The first-order chi connectivity index (χ1) is 30.8. The molecule has 1 aliphatic carbocycles. The number of pyridine rings is 1. The van der Waals surface area contributed by atoms with Crippen LogP contribution in [0.1, 0.15) is 68.3 Å². The van der Waals surface area contributed by atoms with Crippen molar-refractivity contribution in [3.63, 3.8) is 0 Å². The minimum Gasteiger partial charge on any atom is -0.476 e. The van der Waals surface area contributed by atoms with Gasteiger partial charge in [-0.1, -0.05) is 43.2 Å². The highest BCUT2D eigenvalue weighted by Crippen LogP contribution is 2.44. The van der Waals surface area contributed by atoms with Crippen LogP contribution in [0.15, 0.2) is 83.3 Å². The number of hydrogen-bond acceptors (Lipinski definition) is 13. The van der Waals surface area contributed by atoms with E-state index in [1.165, 1.54) is 28.8 Å². The Kier molecular flexibility index (Phi) is 13.7. The Labute approximate surface area is 380 Å². The molecule has 340 valence electrons. The molecule has 4 aromatic rings. The average molecular weight is 914 g/mol. The van der Waals surface area contributed by atoms with Crippen LogP contribution in [0.25, 0.3) is 5.57 Å². The summed E-state index contributed by atoms with van der Waals surface area (Å²) in [5.74, 6) is 0.404. The van der Waals surface area contributed by atoms with Gasteiger partial charge >= 0.3 is 0 Å². The van der Waals surface area contributed by atoms with E-state index in [0.29, 0.717) is 62.4 Å². The lowest BCUT2D eigenvalue weighted by molar-refractivity contribution is -0.384. The fourth-order valence-corrected chi connectivity index (χ4v) is 10.2. The van der Waals surface area contributed by atoms with Crippen molar-refractivity contribution in [1.82, 2.24) is 14.6 Å². The summed E-state index contributed by atoms with van der Waals surface area (Å²) >= 11 is 6.26. The Morgan fingerprint density at radius 3 is 2.45 bits per heavy atom. The van der Waals surface area contributed by atoms with Crippen molar-refractivity contribution in [2.45, 2.75) is 57.3 Å². The summed E-state index contributed by atoms with van der Waals surface area (Å²) in [5.41, 5.74) is 6.29. The van der Waals surface area contributed by atoms with Gasteiger partial charge < -0.3 is 29.9 Å². The fourth-order valence-electron chi connectivity index (χ4n) is 9.10. The van der Waals surface area contributed by atoms with Crippen LogP contribution in [-0.4, -0.2) is 102 Å². The Morgan fingerprint density at radius 1 is 0.953 bits per heavy atom. The third-order valence-electron chi connectivity index (χ3n) is 12.8. The summed E-state index contributed by atoms with van der Waals surface area (Å²) in [6.07, 6.45) is 5.47. The van der Waals surface area contributed by atoms with Gasteiger partial charge in [0.25, 0.3) is 21.6 Å². The average Bonchev–Trinajstić information content (AvgIpc) is 3.51. The van der Waals surface area contributed by atoms with Gasteiger partial charge in [0.05, 0.1) is 27.7 Å². The molecule has 3 aromatic carbocycles. The highest BCUT2D eigenvalue weighted by atomic mass is 35.5. The van der Waals surface area contributed by atoms with Gasteiger partial charge in [-0.3, -0.25) is 19.8 Å². The van der Waals surface area contributed by atoms with Crippen molar-refractivity contribution in [2.75, 3.05) is 93.1 Å². The summed E-state index contributed by atoms with van der Waals surface area (Å²) in [4.78, 5) is 36.9. The van der Waals surface area contributed by atoms with Crippen molar-refractivity contribution in [3.8, 4) is 5.88 Å². The zero-order valence-electron chi connectivity index (χ0n) is 36.7. The number of nitrogens with zero attached hydrogens (tertiary/aromatic N) is 5. The second kappa shape index (κ2) is 19.4. The van der Waals surface area contributed by atoms with E-state index in [1.54, 1.807) is 13.1 Å². The summed E-state index contributed by atoms with van der Waals surface area (Å²) in [5, 5.41) is 19.1. The molecular weight excluding hydrogens is 856 g/mol. The van der Waals surface area contributed by atoms with E-state index in [-0.39, 0.29) is 22.6 Å². The van der Waals surface area contributed by atoms with E-state index >= 15 is 0 Å². The summed E-state index contributed by atoms with van der Waals surface area (Å²) in [7, 11) is -2.79. The number of benzene rings is 3. The number of fused-ring (bicyclic) bond motifs is 1. The zero-order valence-corrected chi connectivity index (χ0v) is 38.3. The molecule has 0 spiro atoms. The van der Waals surface area contributed by atoms with Gasteiger partial charge in [-0.25, -0.2) is 13.1 Å². The Hall–Kier alpha value is -5.42. The molecule has 15 nitrogen and oxygen atoms in total. The number of rotatable bonds is 13. The molecule has 2 saturated heterocycles. The monoisotopic (exact) mass is 912 g/mol. The van der Waals surface area contributed by atoms with Crippen molar-refractivity contribution in [3.05, 3.63) is 105 Å². The summed E-state index contributed by atoms with van der Waals surface area (Å²) in [6.45, 7) is 11.4. The lowest BCUT2D eigenvalue weighted by atomic mass is 9.72. The maximum absolute atomic E-state index is 14.3. The highest BCUT2D eigenvalue weighted by Gasteiger charge is 2.32. The molecule has 2 fully saturated rings. The number of carbonyl (C=O) groups is 1. The van der Waals surface area contributed by atoms with Crippen molar-refractivity contribution >= 4 is 67.4 Å². The molecule has 1 aromatic heterocycles. The van der Waals surface area contributed by atoms with Crippen molar-refractivity contribution in [2.24, 2.45) is 11.3 Å². The number of anilines is 5. The fraction of sp³-hybridized carbons (Fsp3) is 0.447. The molecule has 4 heterocycles. The number of piperazine rings is 1. The Balaban J connectivity index is 1.05. The molecule has 0 saturated carbocycles. The number of nitro benzene ring substituents is 1. The number of amides is 1. The topological polar surface area (TPSA) is 172 Å². The van der Waals surface area contributed by atoms with E-state index in [4.69, 9.17) is 21.1 Å². The van der Waals surface area contributed by atoms with Gasteiger partial charge in [-0.2, -0.15) is 4.98 Å². The van der Waals surface area contributed by atoms with Crippen LogP contribution in [0, 0.1) is 21.4 Å². The maximum Gasteiger partial charge on any atom is 0.293 e. The van der Waals surface area contributed by atoms with Crippen molar-refractivity contribution < 1.29 is 27.6 Å². The molecule has 3 N–H and O–H groups in total. The normalized spacial score (nSPS) is 18.4. The van der Waals surface area contributed by atoms with E-state index < -0.39 is 31.4 Å². The minimum absolute atomic E-state index is 0.114. The van der Waals surface area contributed by atoms with Crippen LogP contribution >= 0.6 is 11.6 Å². The highest BCUT2D eigenvalue weighted by molar-refractivity contribution is 7.90. The number of carbonyl (C=O) groups excluding carboxylic acids is 1. The van der Waals surface area contributed by atoms with E-state index in [1.807, 2.05) is 41.3 Å². The van der Waals surface area contributed by atoms with Crippen LogP contribution in [0.3, 0.4) is 0 Å². The van der Waals surface area contributed by atoms with Gasteiger partial charge in [0.2, 0.25) is 5.88 Å². The number of nitrogens with one attached hydrogen (secondary N) is 3. The predicted octanol–water partition coefficient (Wildman–Crippen LogP) is 8.35. The number of aromatic nitrogens is 1. The SMILES string of the molecule is CNc1ccc2c(n1)OCCCN2c1cc(N2CCN(CC3=C(c4ccc(Cl)cc4)CC(C)(C)CC3)CC2)ccc1C(=O)NS(=O)(=O)c1ccc(NCC2CCOCC2)c([N+](=O)[O-])c1. The molecule has 17 heteroatoms. The van der Waals surface area contributed by atoms with Crippen LogP contribution in [-0.2, 0) is 14.8 Å². The molecular formula is C47H57ClN8O7S. The number of ether oxygens (including phenoxy) is 2. The standard InChI is InChI=1S/C47H57ClN8O7S/c1-47(2)18-15-34(39(29-47)33-5-7-35(48)8-6-33)31-53-20-22-54(23-21-53)36-9-11-38(42(27-36)55-19-4-24-63-46-41(55)13-14-44(49-3)51-46)45(57)52-64(60,61)37-10-12-40(43(28-37)56(58)59)50-30-32-16-25-62-26-17-32/h5-14,27-28,32,50H,4,15-26,29-31H2,1-3H3,(H,49,51)(H,52,57). The van der Waals surface area contributed by atoms with E-state index in [9.17, 15) is 23.3 Å². The Bertz CT molecular complexity index is 2500. The smallest absolute Gasteiger partial charge is 0.293 e. The van der Waals surface area contributed by atoms with Gasteiger partial charge in [0.15, 0.2) is 0 Å². The number of sulfonamides is 1. The summed E-state index contributed by atoms with van der Waals surface area (Å²) in [6, 6.07) is 21.0. The third kappa shape index (κ3) is 10.4. The molecule has 0 radical (unpaired) electrons. The molecule has 8 rings (SSSR count). The van der Waals surface area contributed by atoms with Crippen molar-refractivity contribution in [1.29, 1.82) is 0 Å². The Morgan fingerprint density at radius 2 is 1.72 bits per heavy atom. The summed E-state index contributed by atoms with van der Waals surface area (Å²) < 4.78 is 41.5. The van der Waals surface area contributed by atoms with Crippen LogP contribution in [0.5, 0.6) is 5.88 Å². The first-order valence-electron chi connectivity index (χ1n) is 22.1. The largest absolute Gasteiger partial charge is 0.476 e. The third-order valence-corrected chi connectivity index (χ3v) is 14.4. The molecule has 4 aliphatic rings. The van der Waals surface area contributed by atoms with Gasteiger partial charge in [0, 0.05) is 82.9 Å². The molecule has 3 aliphatic heterocycles. The van der Waals surface area contributed by atoms with Crippen LogP contribution in [0.4, 0.5) is 34.3 Å². The van der Waals surface area contributed by atoms with Crippen LogP contribution < -0.4 is 29.9 Å². The maximum atomic E-state index is 14.3. The number of allylic oxidation sites excluding steroid dienone is 1. The minimum atomic E-state index is -4.56. The van der Waals surface area contributed by atoms with Gasteiger partial charge in [-0.05, 0) is 116 Å². The first kappa shape index (κ1) is 45.2. The zero-order chi connectivity index (χ0) is 45.0. The lowest BCUT2D eigenvalue weighted by Gasteiger charge is -2.39. The number of nitro groups is 1. The van der Waals surface area contributed by atoms with Gasteiger partial charge in [-0.15, -0.1) is 0 Å². The molecule has 0 unspecified atom stereocenters.